The normalized spacial score (nSPS) is 12.4. The molecule has 0 aliphatic heterocycles. The van der Waals surface area contributed by atoms with Gasteiger partial charge in [0, 0.05) is 23.9 Å². The van der Waals surface area contributed by atoms with Crippen molar-refractivity contribution >= 4 is 32.7 Å². The Morgan fingerprint density at radius 1 is 1.50 bits per heavy atom. The monoisotopic (exact) mass is 311 g/mol. The largest absolute Gasteiger partial charge is 0.456 e. The van der Waals surface area contributed by atoms with Crippen molar-refractivity contribution in [2.75, 3.05) is 0 Å². The average molecular weight is 312 g/mol. The van der Waals surface area contributed by atoms with E-state index in [0.29, 0.717) is 15.6 Å². The molecule has 18 heavy (non-hydrogen) atoms. The van der Waals surface area contributed by atoms with Gasteiger partial charge in [-0.2, -0.15) is 0 Å². The number of fused-ring (bicyclic) bond motifs is 1. The zero-order valence-corrected chi connectivity index (χ0v) is 11.5. The highest BCUT2D eigenvalue weighted by molar-refractivity contribution is 9.10. The van der Waals surface area contributed by atoms with E-state index in [9.17, 15) is 9.18 Å². The summed E-state index contributed by atoms with van der Waals surface area (Å²) in [4.78, 5) is 15.2. The maximum atomic E-state index is 13.2. The van der Waals surface area contributed by atoms with Crippen LogP contribution in [-0.2, 0) is 9.53 Å². The zero-order valence-electron chi connectivity index (χ0n) is 9.91. The first kappa shape index (κ1) is 13.0. The quantitative estimate of drug-likeness (QED) is 0.793. The van der Waals surface area contributed by atoms with Gasteiger partial charge < -0.3 is 4.74 Å². The number of nitrogens with zero attached hydrogens (tertiary/aromatic N) is 1. The van der Waals surface area contributed by atoms with E-state index in [1.807, 2.05) is 0 Å². The molecule has 94 valence electrons. The Hall–Kier alpha value is -1.49. The lowest BCUT2D eigenvalue weighted by molar-refractivity contribution is -0.146. The fraction of sp³-hybridized carbons (Fsp3) is 0.231. The maximum Gasteiger partial charge on any atom is 0.303 e. The van der Waals surface area contributed by atoms with Gasteiger partial charge in [-0.3, -0.25) is 9.78 Å². The molecule has 1 atom stereocenters. The van der Waals surface area contributed by atoms with E-state index in [1.54, 1.807) is 19.2 Å². The zero-order chi connectivity index (χ0) is 13.3. The number of carbonyl (C=O) groups is 1. The second-order valence-corrected chi connectivity index (χ2v) is 4.73. The van der Waals surface area contributed by atoms with Crippen molar-refractivity contribution < 1.29 is 13.9 Å². The van der Waals surface area contributed by atoms with Crippen LogP contribution in [0.2, 0.25) is 0 Å². The predicted octanol–water partition coefficient (Wildman–Crippen LogP) is 3.76. The molecule has 0 fully saturated rings. The van der Waals surface area contributed by atoms with E-state index in [-0.39, 0.29) is 11.8 Å². The van der Waals surface area contributed by atoms with E-state index >= 15 is 0 Å². The highest BCUT2D eigenvalue weighted by Crippen LogP contribution is 2.31. The second-order valence-electron chi connectivity index (χ2n) is 3.94. The molecule has 1 aromatic carbocycles. The van der Waals surface area contributed by atoms with Crippen LogP contribution in [0.5, 0.6) is 0 Å². The van der Waals surface area contributed by atoms with Gasteiger partial charge in [-0.1, -0.05) is 0 Å². The molecule has 2 rings (SSSR count). The summed E-state index contributed by atoms with van der Waals surface area (Å²) in [6, 6.07) is 4.46. The number of benzene rings is 1. The molecular formula is C13H11BrFNO2. The first-order valence-electron chi connectivity index (χ1n) is 5.40. The molecule has 0 N–H and O–H groups in total. The van der Waals surface area contributed by atoms with Crippen molar-refractivity contribution in [3.63, 3.8) is 0 Å². The SMILES string of the molecule is CC(=O)OC(C)c1ncc2ccc(F)cc2c1Br. The summed E-state index contributed by atoms with van der Waals surface area (Å²) < 4.78 is 19.0. The highest BCUT2D eigenvalue weighted by Gasteiger charge is 2.16. The number of hydrogen-bond donors (Lipinski definition) is 0. The number of aromatic nitrogens is 1. The summed E-state index contributed by atoms with van der Waals surface area (Å²) in [5, 5.41) is 1.53. The van der Waals surface area contributed by atoms with Gasteiger partial charge in [0.05, 0.1) is 10.2 Å². The third-order valence-corrected chi connectivity index (χ3v) is 3.38. The van der Waals surface area contributed by atoms with Crippen LogP contribution in [0.3, 0.4) is 0 Å². The summed E-state index contributed by atoms with van der Waals surface area (Å²) in [5.41, 5.74) is 0.573. The summed E-state index contributed by atoms with van der Waals surface area (Å²) in [6.45, 7) is 3.06. The summed E-state index contributed by atoms with van der Waals surface area (Å²) >= 11 is 3.39. The Balaban J connectivity index is 2.53. The van der Waals surface area contributed by atoms with Gasteiger partial charge in [-0.15, -0.1) is 0 Å². The molecule has 3 nitrogen and oxygen atoms in total. The Labute approximate surface area is 112 Å². The molecule has 0 aliphatic carbocycles. The maximum absolute atomic E-state index is 13.2. The van der Waals surface area contributed by atoms with E-state index in [0.717, 1.165) is 5.39 Å². The van der Waals surface area contributed by atoms with Gasteiger partial charge in [0.15, 0.2) is 0 Å². The van der Waals surface area contributed by atoms with Crippen LogP contribution >= 0.6 is 15.9 Å². The third-order valence-electron chi connectivity index (χ3n) is 2.55. The topological polar surface area (TPSA) is 39.2 Å². The molecule has 0 saturated heterocycles. The second kappa shape index (κ2) is 5.02. The minimum atomic E-state index is -0.482. The van der Waals surface area contributed by atoms with Crippen molar-refractivity contribution in [1.82, 2.24) is 4.98 Å². The van der Waals surface area contributed by atoms with Crippen molar-refractivity contribution in [3.05, 3.63) is 40.4 Å². The van der Waals surface area contributed by atoms with Gasteiger partial charge in [0.25, 0.3) is 0 Å². The van der Waals surface area contributed by atoms with Gasteiger partial charge in [0.2, 0.25) is 0 Å². The Kier molecular flexibility index (Phi) is 3.61. The van der Waals surface area contributed by atoms with E-state index in [1.165, 1.54) is 19.1 Å². The Morgan fingerprint density at radius 3 is 2.89 bits per heavy atom. The summed E-state index contributed by atoms with van der Waals surface area (Å²) in [5.74, 6) is -0.698. The first-order chi connectivity index (χ1) is 8.49. The first-order valence-corrected chi connectivity index (χ1v) is 6.19. The number of ether oxygens (including phenoxy) is 1. The van der Waals surface area contributed by atoms with E-state index in [2.05, 4.69) is 20.9 Å². The van der Waals surface area contributed by atoms with Crippen molar-refractivity contribution in [2.24, 2.45) is 0 Å². The molecule has 0 bridgehead atoms. The van der Waals surface area contributed by atoms with Gasteiger partial charge in [-0.25, -0.2) is 4.39 Å². The smallest absolute Gasteiger partial charge is 0.303 e. The summed E-state index contributed by atoms with van der Waals surface area (Å²) in [7, 11) is 0. The van der Waals surface area contributed by atoms with Crippen LogP contribution < -0.4 is 0 Å². The molecule has 2 aromatic rings. The number of rotatable bonds is 2. The Bertz CT molecular complexity index is 615. The molecule has 1 aromatic heterocycles. The lowest BCUT2D eigenvalue weighted by atomic mass is 10.1. The fourth-order valence-electron chi connectivity index (χ4n) is 1.75. The molecule has 1 heterocycles. The van der Waals surface area contributed by atoms with E-state index in [4.69, 9.17) is 4.74 Å². The average Bonchev–Trinajstić information content (AvgIpc) is 2.29. The minimum Gasteiger partial charge on any atom is -0.456 e. The minimum absolute atomic E-state index is 0.319. The standard InChI is InChI=1S/C13H11BrFNO2/c1-7(18-8(2)17)13-12(14)11-5-10(15)4-3-9(11)6-16-13/h3-7H,1-2H3. The van der Waals surface area contributed by atoms with Crippen molar-refractivity contribution in [2.45, 2.75) is 20.0 Å². The lowest BCUT2D eigenvalue weighted by Gasteiger charge is -2.14. The number of halogens is 2. The summed E-state index contributed by atoms with van der Waals surface area (Å²) in [6.07, 6.45) is 1.15. The number of carbonyl (C=O) groups excluding carboxylic acids is 1. The van der Waals surface area contributed by atoms with Crippen LogP contribution in [0.1, 0.15) is 25.6 Å². The molecular weight excluding hydrogens is 301 g/mol. The predicted molar refractivity (Wildman–Crippen MR) is 69.6 cm³/mol. The van der Waals surface area contributed by atoms with Gasteiger partial charge in [0.1, 0.15) is 11.9 Å². The van der Waals surface area contributed by atoms with Gasteiger partial charge in [-0.05, 0) is 41.1 Å². The van der Waals surface area contributed by atoms with Crippen LogP contribution in [0.4, 0.5) is 4.39 Å². The fourth-order valence-corrected chi connectivity index (χ4v) is 2.52. The van der Waals surface area contributed by atoms with Crippen molar-refractivity contribution in [3.8, 4) is 0 Å². The number of hydrogen-bond acceptors (Lipinski definition) is 3. The third kappa shape index (κ3) is 2.51. The van der Waals surface area contributed by atoms with Crippen LogP contribution in [0.25, 0.3) is 10.8 Å². The molecule has 5 heteroatoms. The van der Waals surface area contributed by atoms with Crippen LogP contribution in [0, 0.1) is 5.82 Å². The molecule has 0 amide bonds. The van der Waals surface area contributed by atoms with E-state index < -0.39 is 6.10 Å². The molecule has 0 spiro atoms. The molecule has 1 unspecified atom stereocenters. The Morgan fingerprint density at radius 2 is 2.22 bits per heavy atom. The molecule has 0 aliphatic rings. The van der Waals surface area contributed by atoms with Crippen LogP contribution in [0.15, 0.2) is 28.9 Å². The van der Waals surface area contributed by atoms with Gasteiger partial charge >= 0.3 is 5.97 Å². The highest BCUT2D eigenvalue weighted by atomic mass is 79.9. The lowest BCUT2D eigenvalue weighted by Crippen LogP contribution is -2.07. The van der Waals surface area contributed by atoms with Crippen molar-refractivity contribution in [1.29, 1.82) is 0 Å². The molecule has 0 radical (unpaired) electrons. The molecule has 0 saturated carbocycles. The number of pyridine rings is 1. The number of esters is 1. The van der Waals surface area contributed by atoms with Crippen LogP contribution in [-0.4, -0.2) is 11.0 Å².